The van der Waals surface area contributed by atoms with Gasteiger partial charge in [-0.2, -0.15) is 0 Å². The van der Waals surface area contributed by atoms with Crippen LogP contribution in [0.5, 0.6) is 0 Å². The van der Waals surface area contributed by atoms with Gasteiger partial charge in [0.2, 0.25) is 0 Å². The van der Waals surface area contributed by atoms with Crippen molar-refractivity contribution in [2.45, 2.75) is 49.9 Å². The molecule has 21 heavy (non-hydrogen) atoms. The quantitative estimate of drug-likeness (QED) is 0.451. The number of piperidine rings is 1. The minimum absolute atomic E-state index is 0.228. The molecule has 4 nitrogen and oxygen atoms in total. The molecule has 0 spiro atoms. The fraction of sp³-hybridized carbons (Fsp3) is 0.625. The minimum atomic E-state index is -0.228. The monoisotopic (exact) mass is 352 g/mol. The molecule has 1 saturated heterocycles. The SMILES string of the molecule is O=[N+]([O-])c1cc(CBr)ccc1N1CCCC2CCCCC21. The van der Waals surface area contributed by atoms with Crippen LogP contribution in [0.3, 0.4) is 0 Å². The van der Waals surface area contributed by atoms with Gasteiger partial charge in [0.05, 0.1) is 4.92 Å². The number of rotatable bonds is 3. The van der Waals surface area contributed by atoms with Crippen molar-refractivity contribution in [3.05, 3.63) is 33.9 Å². The second-order valence-corrected chi connectivity index (χ2v) is 6.72. The number of nitro benzene ring substituents is 1. The van der Waals surface area contributed by atoms with Crippen molar-refractivity contribution in [2.24, 2.45) is 5.92 Å². The molecule has 1 saturated carbocycles. The van der Waals surface area contributed by atoms with Crippen molar-refractivity contribution in [1.29, 1.82) is 0 Å². The molecule has 0 N–H and O–H groups in total. The van der Waals surface area contributed by atoms with E-state index < -0.39 is 0 Å². The van der Waals surface area contributed by atoms with Crippen LogP contribution >= 0.6 is 15.9 Å². The molecular formula is C16H21BrN2O2. The van der Waals surface area contributed by atoms with E-state index >= 15 is 0 Å². The molecule has 114 valence electrons. The summed E-state index contributed by atoms with van der Waals surface area (Å²) in [5.74, 6) is 0.725. The number of anilines is 1. The number of halogens is 1. The summed E-state index contributed by atoms with van der Waals surface area (Å²) < 4.78 is 0. The fourth-order valence-electron chi connectivity index (χ4n) is 3.97. The van der Waals surface area contributed by atoms with Crippen LogP contribution in [0.2, 0.25) is 0 Å². The van der Waals surface area contributed by atoms with E-state index in [1.807, 2.05) is 12.1 Å². The minimum Gasteiger partial charge on any atom is -0.363 e. The molecule has 0 aromatic heterocycles. The number of alkyl halides is 1. The molecule has 1 aromatic carbocycles. The summed E-state index contributed by atoms with van der Waals surface area (Å²) in [4.78, 5) is 13.6. The normalized spacial score (nSPS) is 25.5. The number of nitro groups is 1. The molecule has 1 heterocycles. The van der Waals surface area contributed by atoms with Crippen LogP contribution < -0.4 is 4.90 Å². The van der Waals surface area contributed by atoms with Crippen molar-refractivity contribution < 1.29 is 4.92 Å². The van der Waals surface area contributed by atoms with Gasteiger partial charge in [-0.1, -0.05) is 34.8 Å². The van der Waals surface area contributed by atoms with E-state index in [0.29, 0.717) is 11.4 Å². The van der Waals surface area contributed by atoms with Gasteiger partial charge in [0.15, 0.2) is 0 Å². The summed E-state index contributed by atoms with van der Waals surface area (Å²) in [6, 6.07) is 6.17. The molecule has 0 amide bonds. The van der Waals surface area contributed by atoms with Crippen LogP contribution in [-0.4, -0.2) is 17.5 Å². The highest BCUT2D eigenvalue weighted by Gasteiger charge is 2.35. The molecular weight excluding hydrogens is 332 g/mol. The Morgan fingerprint density at radius 3 is 2.76 bits per heavy atom. The van der Waals surface area contributed by atoms with Crippen LogP contribution in [0.15, 0.2) is 18.2 Å². The maximum absolute atomic E-state index is 11.5. The van der Waals surface area contributed by atoms with Crippen molar-refractivity contribution >= 4 is 27.3 Å². The predicted octanol–water partition coefficient (Wildman–Crippen LogP) is 4.65. The van der Waals surface area contributed by atoms with Gasteiger partial charge < -0.3 is 4.90 Å². The average molecular weight is 353 g/mol. The summed E-state index contributed by atoms with van der Waals surface area (Å²) >= 11 is 3.38. The van der Waals surface area contributed by atoms with Crippen molar-refractivity contribution in [2.75, 3.05) is 11.4 Å². The Morgan fingerprint density at radius 1 is 1.24 bits per heavy atom. The lowest BCUT2D eigenvalue weighted by atomic mass is 9.78. The van der Waals surface area contributed by atoms with Gasteiger partial charge >= 0.3 is 0 Å². The van der Waals surface area contributed by atoms with Gasteiger partial charge in [-0.3, -0.25) is 10.1 Å². The van der Waals surface area contributed by atoms with Crippen molar-refractivity contribution in [3.63, 3.8) is 0 Å². The number of hydrogen-bond donors (Lipinski definition) is 0. The van der Waals surface area contributed by atoms with Gasteiger partial charge in [-0.15, -0.1) is 0 Å². The molecule has 1 aliphatic carbocycles. The average Bonchev–Trinajstić information content (AvgIpc) is 2.53. The highest BCUT2D eigenvalue weighted by Crippen LogP contribution is 2.41. The molecule has 3 rings (SSSR count). The lowest BCUT2D eigenvalue weighted by molar-refractivity contribution is -0.384. The smallest absolute Gasteiger partial charge is 0.292 e. The highest BCUT2D eigenvalue weighted by atomic mass is 79.9. The summed E-state index contributed by atoms with van der Waals surface area (Å²) in [5.41, 5.74) is 2.04. The first-order valence-electron chi connectivity index (χ1n) is 7.80. The zero-order valence-electron chi connectivity index (χ0n) is 12.1. The van der Waals surface area contributed by atoms with Gasteiger partial charge in [0.25, 0.3) is 5.69 Å². The van der Waals surface area contributed by atoms with E-state index in [9.17, 15) is 10.1 Å². The van der Waals surface area contributed by atoms with E-state index in [0.717, 1.165) is 30.1 Å². The summed E-state index contributed by atoms with van der Waals surface area (Å²) in [5, 5.41) is 12.1. The first-order valence-corrected chi connectivity index (χ1v) is 8.93. The van der Waals surface area contributed by atoms with Crippen molar-refractivity contribution in [3.8, 4) is 0 Å². The highest BCUT2D eigenvalue weighted by molar-refractivity contribution is 9.08. The number of nitrogens with zero attached hydrogens (tertiary/aromatic N) is 2. The van der Waals surface area contributed by atoms with Gasteiger partial charge in [-0.05, 0) is 43.2 Å². The third kappa shape index (κ3) is 2.93. The lowest BCUT2D eigenvalue weighted by Gasteiger charge is -2.45. The lowest BCUT2D eigenvalue weighted by Crippen LogP contribution is -2.47. The fourth-order valence-corrected chi connectivity index (χ4v) is 4.31. The molecule has 0 bridgehead atoms. The number of benzene rings is 1. The molecule has 2 unspecified atom stereocenters. The Morgan fingerprint density at radius 2 is 2.00 bits per heavy atom. The van der Waals surface area contributed by atoms with Crippen molar-refractivity contribution in [1.82, 2.24) is 0 Å². The summed E-state index contributed by atoms with van der Waals surface area (Å²) in [7, 11) is 0. The van der Waals surface area contributed by atoms with E-state index in [1.165, 1.54) is 32.1 Å². The van der Waals surface area contributed by atoms with Gasteiger partial charge in [-0.25, -0.2) is 0 Å². The Balaban J connectivity index is 1.96. The van der Waals surface area contributed by atoms with Crippen LogP contribution in [0.25, 0.3) is 0 Å². The Hall–Kier alpha value is -1.10. The molecule has 2 atom stereocenters. The summed E-state index contributed by atoms with van der Waals surface area (Å²) in [6.07, 6.45) is 7.48. The Labute approximate surface area is 133 Å². The van der Waals surface area contributed by atoms with Crippen LogP contribution in [0, 0.1) is 16.0 Å². The third-order valence-electron chi connectivity index (χ3n) is 4.94. The predicted molar refractivity (Wildman–Crippen MR) is 88.1 cm³/mol. The van der Waals surface area contributed by atoms with E-state index in [-0.39, 0.29) is 10.6 Å². The van der Waals surface area contributed by atoms with Gasteiger partial charge in [0, 0.05) is 24.0 Å². The molecule has 0 radical (unpaired) electrons. The van der Waals surface area contributed by atoms with Crippen LogP contribution in [0.1, 0.15) is 44.1 Å². The molecule has 2 fully saturated rings. The van der Waals surface area contributed by atoms with Crippen LogP contribution in [0.4, 0.5) is 11.4 Å². The maximum Gasteiger partial charge on any atom is 0.292 e. The second kappa shape index (κ2) is 6.34. The van der Waals surface area contributed by atoms with Crippen LogP contribution in [-0.2, 0) is 5.33 Å². The topological polar surface area (TPSA) is 46.4 Å². The van der Waals surface area contributed by atoms with E-state index in [4.69, 9.17) is 0 Å². The maximum atomic E-state index is 11.5. The first-order chi connectivity index (χ1) is 10.2. The first kappa shape index (κ1) is 14.8. The Bertz CT molecular complexity index is 533. The van der Waals surface area contributed by atoms with E-state index in [2.05, 4.69) is 20.8 Å². The third-order valence-corrected chi connectivity index (χ3v) is 5.59. The number of hydrogen-bond acceptors (Lipinski definition) is 3. The molecule has 2 aliphatic rings. The largest absolute Gasteiger partial charge is 0.363 e. The number of fused-ring (bicyclic) bond motifs is 1. The Kier molecular flexibility index (Phi) is 4.48. The second-order valence-electron chi connectivity index (χ2n) is 6.16. The summed E-state index contributed by atoms with van der Waals surface area (Å²) in [6.45, 7) is 0.954. The zero-order chi connectivity index (χ0) is 14.8. The molecule has 1 aromatic rings. The molecule has 1 aliphatic heterocycles. The van der Waals surface area contributed by atoms with Gasteiger partial charge in [0.1, 0.15) is 5.69 Å². The van der Waals surface area contributed by atoms with E-state index in [1.54, 1.807) is 6.07 Å². The molecule has 5 heteroatoms. The standard InChI is InChI=1S/C16H21BrN2O2/c17-11-12-7-8-15(16(10-12)19(20)21)18-9-3-5-13-4-1-2-6-14(13)18/h7-8,10,13-14H,1-6,9,11H2. The zero-order valence-corrected chi connectivity index (χ0v) is 13.7.